The first kappa shape index (κ1) is 23.2. The maximum Gasteiger partial charge on any atom is 0.573 e. The zero-order chi connectivity index (χ0) is 23.6. The van der Waals surface area contributed by atoms with Crippen LogP contribution in [0.25, 0.3) is 10.9 Å². The fraction of sp³-hybridized carbons (Fsp3) is 0.304. The van der Waals surface area contributed by atoms with Crippen LogP contribution in [0.1, 0.15) is 41.9 Å². The number of rotatable bonds is 6. The zero-order valence-corrected chi connectivity index (χ0v) is 17.7. The SMILES string of the molecule is CCC(C)OC(=O)Cc1c(C)n(C(=O)c2ccc(OC(F)(F)F)cc2)c2ccc(O)cc12. The van der Waals surface area contributed by atoms with Crippen molar-refractivity contribution in [2.24, 2.45) is 0 Å². The van der Waals surface area contributed by atoms with Gasteiger partial charge in [-0.25, -0.2) is 0 Å². The normalized spacial score (nSPS) is 12.6. The van der Waals surface area contributed by atoms with Gasteiger partial charge in [0, 0.05) is 16.6 Å². The van der Waals surface area contributed by atoms with Crippen molar-refractivity contribution in [3.63, 3.8) is 0 Å². The molecule has 1 atom stereocenters. The molecular weight excluding hydrogens is 427 g/mol. The lowest BCUT2D eigenvalue weighted by molar-refractivity contribution is -0.274. The van der Waals surface area contributed by atoms with Crippen molar-refractivity contribution in [2.45, 2.75) is 46.1 Å². The molecule has 1 heterocycles. The molecule has 3 rings (SSSR count). The van der Waals surface area contributed by atoms with E-state index in [-0.39, 0.29) is 23.8 Å². The molecule has 0 saturated heterocycles. The lowest BCUT2D eigenvalue weighted by atomic mass is 10.1. The zero-order valence-electron chi connectivity index (χ0n) is 17.7. The molecule has 1 unspecified atom stereocenters. The van der Waals surface area contributed by atoms with Crippen molar-refractivity contribution in [1.29, 1.82) is 0 Å². The van der Waals surface area contributed by atoms with Crippen LogP contribution in [0.5, 0.6) is 11.5 Å². The molecule has 0 amide bonds. The van der Waals surface area contributed by atoms with Gasteiger partial charge in [0.25, 0.3) is 5.91 Å². The first-order chi connectivity index (χ1) is 15.0. The number of phenolic OH excluding ortho intramolecular Hbond substituents is 1. The summed E-state index contributed by atoms with van der Waals surface area (Å²) in [6.45, 7) is 5.31. The third-order valence-corrected chi connectivity index (χ3v) is 5.08. The Morgan fingerprint density at radius 3 is 2.38 bits per heavy atom. The average Bonchev–Trinajstić information content (AvgIpc) is 2.97. The molecule has 1 N–H and O–H groups in total. The molecule has 0 fully saturated rings. The molecule has 0 aliphatic carbocycles. The number of alkyl halides is 3. The smallest absolute Gasteiger partial charge is 0.508 e. The Morgan fingerprint density at radius 2 is 1.78 bits per heavy atom. The van der Waals surface area contributed by atoms with Gasteiger partial charge in [-0.3, -0.25) is 14.2 Å². The molecule has 9 heteroatoms. The van der Waals surface area contributed by atoms with Gasteiger partial charge >= 0.3 is 12.3 Å². The van der Waals surface area contributed by atoms with Crippen molar-refractivity contribution in [2.75, 3.05) is 0 Å². The predicted molar refractivity (Wildman–Crippen MR) is 111 cm³/mol. The van der Waals surface area contributed by atoms with Crippen LogP contribution < -0.4 is 4.74 Å². The molecule has 0 saturated carbocycles. The van der Waals surface area contributed by atoms with Crippen LogP contribution in [0.15, 0.2) is 42.5 Å². The van der Waals surface area contributed by atoms with Crippen molar-refractivity contribution in [1.82, 2.24) is 4.57 Å². The third kappa shape index (κ3) is 5.04. The summed E-state index contributed by atoms with van der Waals surface area (Å²) in [5, 5.41) is 10.4. The Balaban J connectivity index is 2.00. The van der Waals surface area contributed by atoms with E-state index in [2.05, 4.69) is 4.74 Å². The standard InChI is InChI=1S/C23H22F3NO5/c1-4-13(2)31-21(29)12-18-14(3)27(20-10-7-16(28)11-19(18)20)22(30)15-5-8-17(9-6-15)32-23(24,25)26/h5-11,13,28H,4,12H2,1-3H3. The van der Waals surface area contributed by atoms with Crippen molar-refractivity contribution >= 4 is 22.8 Å². The molecule has 32 heavy (non-hydrogen) atoms. The lowest BCUT2D eigenvalue weighted by Crippen LogP contribution is -2.18. The molecule has 0 bridgehead atoms. The number of benzene rings is 2. The van der Waals surface area contributed by atoms with Crippen molar-refractivity contribution < 1.29 is 37.3 Å². The maximum absolute atomic E-state index is 13.2. The molecule has 0 spiro atoms. The highest BCUT2D eigenvalue weighted by Gasteiger charge is 2.31. The molecule has 2 aromatic carbocycles. The van der Waals surface area contributed by atoms with E-state index in [1.807, 2.05) is 6.92 Å². The Labute approximate surface area is 182 Å². The van der Waals surface area contributed by atoms with E-state index in [0.717, 1.165) is 12.1 Å². The van der Waals surface area contributed by atoms with Gasteiger partial charge in [-0.05, 0) is 68.3 Å². The minimum atomic E-state index is -4.83. The van der Waals surface area contributed by atoms with Crippen LogP contribution >= 0.6 is 0 Å². The summed E-state index contributed by atoms with van der Waals surface area (Å²) < 4.78 is 47.7. The monoisotopic (exact) mass is 449 g/mol. The number of halogens is 3. The number of carbonyl (C=O) groups excluding carboxylic acids is 2. The number of aromatic nitrogens is 1. The molecular formula is C23H22F3NO5. The highest BCUT2D eigenvalue weighted by molar-refractivity contribution is 6.05. The fourth-order valence-electron chi connectivity index (χ4n) is 3.38. The van der Waals surface area contributed by atoms with Crippen LogP contribution in [0, 0.1) is 6.92 Å². The molecule has 1 aromatic heterocycles. The number of esters is 1. The highest BCUT2D eigenvalue weighted by Crippen LogP contribution is 2.31. The Hall–Kier alpha value is -3.49. The Bertz CT molecular complexity index is 1150. The molecule has 3 aromatic rings. The number of nitrogens with zero attached hydrogens (tertiary/aromatic N) is 1. The topological polar surface area (TPSA) is 77.8 Å². The van der Waals surface area contributed by atoms with E-state index in [9.17, 15) is 27.9 Å². The summed E-state index contributed by atoms with van der Waals surface area (Å²) >= 11 is 0. The van der Waals surface area contributed by atoms with Crippen LogP contribution in [-0.2, 0) is 16.0 Å². The first-order valence-electron chi connectivity index (χ1n) is 9.93. The minimum absolute atomic E-state index is 0.0349. The predicted octanol–water partition coefficient (Wildman–Crippen LogP) is 5.13. The number of hydrogen-bond donors (Lipinski definition) is 1. The van der Waals surface area contributed by atoms with E-state index < -0.39 is 24.0 Å². The van der Waals surface area contributed by atoms with Gasteiger partial charge in [-0.2, -0.15) is 0 Å². The third-order valence-electron chi connectivity index (χ3n) is 5.08. The largest absolute Gasteiger partial charge is 0.573 e. The molecule has 0 aliphatic heterocycles. The summed E-state index contributed by atoms with van der Waals surface area (Å²) in [4.78, 5) is 25.6. The van der Waals surface area contributed by atoms with E-state index in [1.165, 1.54) is 28.8 Å². The first-order valence-corrected chi connectivity index (χ1v) is 9.93. The second-order valence-corrected chi connectivity index (χ2v) is 7.36. The van der Waals surface area contributed by atoms with Gasteiger partial charge in [-0.1, -0.05) is 6.92 Å². The molecule has 6 nitrogen and oxygen atoms in total. The highest BCUT2D eigenvalue weighted by atomic mass is 19.4. The quantitative estimate of drug-likeness (QED) is 0.528. The van der Waals surface area contributed by atoms with Crippen LogP contribution in [0.3, 0.4) is 0 Å². The summed E-state index contributed by atoms with van der Waals surface area (Å²) in [6, 6.07) is 8.97. The number of ether oxygens (including phenoxy) is 2. The van der Waals surface area contributed by atoms with Gasteiger partial charge < -0.3 is 14.6 Å². The number of carbonyl (C=O) groups is 2. The van der Waals surface area contributed by atoms with E-state index in [0.29, 0.717) is 28.6 Å². The van der Waals surface area contributed by atoms with Gasteiger partial charge in [0.05, 0.1) is 18.0 Å². The van der Waals surface area contributed by atoms with Gasteiger partial charge in [0.15, 0.2) is 0 Å². The lowest BCUT2D eigenvalue weighted by Gasteiger charge is -2.11. The molecule has 0 radical (unpaired) electrons. The van der Waals surface area contributed by atoms with Gasteiger partial charge in [-0.15, -0.1) is 13.2 Å². The Kier molecular flexibility index (Phi) is 6.47. The number of aromatic hydroxyl groups is 1. The second kappa shape index (κ2) is 8.94. The van der Waals surface area contributed by atoms with E-state index in [1.54, 1.807) is 19.9 Å². The van der Waals surface area contributed by atoms with E-state index >= 15 is 0 Å². The molecule has 170 valence electrons. The van der Waals surface area contributed by atoms with E-state index in [4.69, 9.17) is 4.74 Å². The Morgan fingerprint density at radius 1 is 1.12 bits per heavy atom. The van der Waals surface area contributed by atoms with Gasteiger partial charge in [0.1, 0.15) is 11.5 Å². The van der Waals surface area contributed by atoms with Crippen LogP contribution in [-0.4, -0.2) is 34.0 Å². The second-order valence-electron chi connectivity index (χ2n) is 7.36. The summed E-state index contributed by atoms with van der Waals surface area (Å²) in [6.07, 6.45) is -4.54. The summed E-state index contributed by atoms with van der Waals surface area (Å²) in [5.41, 5.74) is 1.57. The van der Waals surface area contributed by atoms with Crippen LogP contribution in [0.4, 0.5) is 13.2 Å². The summed E-state index contributed by atoms with van der Waals surface area (Å²) in [5.74, 6) is -1.45. The van der Waals surface area contributed by atoms with Gasteiger partial charge in [0.2, 0.25) is 0 Å². The number of hydrogen-bond acceptors (Lipinski definition) is 5. The minimum Gasteiger partial charge on any atom is -0.508 e. The van der Waals surface area contributed by atoms with Crippen molar-refractivity contribution in [3.05, 3.63) is 59.3 Å². The van der Waals surface area contributed by atoms with Crippen LogP contribution in [0.2, 0.25) is 0 Å². The maximum atomic E-state index is 13.2. The number of fused-ring (bicyclic) bond motifs is 1. The van der Waals surface area contributed by atoms with Crippen molar-refractivity contribution in [3.8, 4) is 11.5 Å². The molecule has 0 aliphatic rings. The number of phenols is 1. The average molecular weight is 449 g/mol. The summed E-state index contributed by atoms with van der Waals surface area (Å²) in [7, 11) is 0. The fourth-order valence-corrected chi connectivity index (χ4v) is 3.38.